The molecule has 4 heterocycles. The number of amides is 2. The number of nitrogens with zero attached hydrogens (tertiary/aromatic N) is 6. The molecule has 8 aromatic rings. The zero-order valence-corrected chi connectivity index (χ0v) is 39.4. The Labute approximate surface area is 417 Å². The molecule has 10 rings (SSSR count). The quantitative estimate of drug-likeness (QED) is 0.0963. The molecule has 0 aliphatic carbocycles. The normalized spacial score (nSPS) is 13.6. The van der Waals surface area contributed by atoms with E-state index in [4.69, 9.17) is 44.3 Å². The molecule has 6 aromatic carbocycles. The number of hydrogen-bond acceptors (Lipinski definition) is 12. The molecule has 2 amide bonds. The van der Waals surface area contributed by atoms with Gasteiger partial charge in [0.15, 0.2) is 23.1 Å². The lowest BCUT2D eigenvalue weighted by atomic mass is 10.2. The summed E-state index contributed by atoms with van der Waals surface area (Å²) in [4.78, 5) is 47.6. The van der Waals surface area contributed by atoms with Gasteiger partial charge in [-0.15, -0.1) is 0 Å². The number of halogens is 7. The summed E-state index contributed by atoms with van der Waals surface area (Å²) in [6, 6.07) is 23.7. The molecule has 2 aliphatic rings. The van der Waals surface area contributed by atoms with Crippen LogP contribution in [-0.4, -0.2) is 84.1 Å². The lowest BCUT2D eigenvalue weighted by molar-refractivity contribution is 0.101. The molecule has 0 spiro atoms. The van der Waals surface area contributed by atoms with Crippen molar-refractivity contribution in [2.75, 3.05) is 72.8 Å². The summed E-state index contributed by atoms with van der Waals surface area (Å²) < 4.78 is 68.0. The molecule has 14 nitrogen and oxygen atoms in total. The smallest absolute Gasteiger partial charge is 0.255 e. The van der Waals surface area contributed by atoms with E-state index in [-0.39, 0.29) is 49.1 Å². The van der Waals surface area contributed by atoms with E-state index in [1.165, 1.54) is 42.5 Å². The van der Waals surface area contributed by atoms with Crippen LogP contribution in [0.25, 0.3) is 22.1 Å². The highest BCUT2D eigenvalue weighted by Crippen LogP contribution is 2.40. The first-order valence-electron chi connectivity index (χ1n) is 22.0. The molecule has 2 aliphatic heterocycles. The highest BCUT2D eigenvalue weighted by Gasteiger charge is 2.21. The lowest BCUT2D eigenvalue weighted by Gasteiger charge is -2.28. The number of carbonyl (C=O) groups excluding carboxylic acids is 2. The first kappa shape index (κ1) is 48.7. The van der Waals surface area contributed by atoms with E-state index in [2.05, 4.69) is 51.0 Å². The maximum atomic E-state index is 14.7. The number of fused-ring (bicyclic) bond motifs is 2. The first-order valence-corrected chi connectivity index (χ1v) is 23.1. The Morgan fingerprint density at radius 1 is 0.535 bits per heavy atom. The summed E-state index contributed by atoms with van der Waals surface area (Å²) in [7, 11) is 0. The number of benzene rings is 6. The van der Waals surface area contributed by atoms with Crippen molar-refractivity contribution in [3.05, 3.63) is 165 Å². The van der Waals surface area contributed by atoms with Gasteiger partial charge in [0.05, 0.1) is 50.9 Å². The molecule has 71 heavy (non-hydrogen) atoms. The van der Waals surface area contributed by atoms with Crippen LogP contribution in [0.1, 0.15) is 20.7 Å². The second-order valence-corrected chi connectivity index (χ2v) is 17.1. The maximum absolute atomic E-state index is 14.7. The van der Waals surface area contributed by atoms with Gasteiger partial charge in [0, 0.05) is 75.6 Å². The van der Waals surface area contributed by atoms with Crippen molar-refractivity contribution in [1.29, 1.82) is 0 Å². The van der Waals surface area contributed by atoms with Gasteiger partial charge >= 0.3 is 0 Å². The Kier molecular flexibility index (Phi) is 14.9. The van der Waals surface area contributed by atoms with E-state index in [1.807, 2.05) is 0 Å². The van der Waals surface area contributed by atoms with Crippen molar-refractivity contribution >= 4 is 91.7 Å². The largest absolute Gasteiger partial charge is 0.453 e. The monoisotopic (exact) mass is 1020 g/mol. The minimum atomic E-state index is -0.738. The molecule has 4 N–H and O–H groups in total. The first-order chi connectivity index (χ1) is 34.4. The SMILES string of the molecule is O=C(Nc1ccc(F)c(Oc2ccc3ncc(N4CCNCC4)nc3c2)c1Cl)c1ccc(Cl)c(F)c1.O=C(Nc1ccc(F)c(Oc2ccc3ncc(N4CCNCC4)nc3c2)c1Cl)c1cccc(F)c1. The van der Waals surface area contributed by atoms with Crippen molar-refractivity contribution in [3.8, 4) is 23.0 Å². The average Bonchev–Trinajstić information content (AvgIpc) is 3.39. The van der Waals surface area contributed by atoms with Crippen molar-refractivity contribution in [1.82, 2.24) is 30.6 Å². The fourth-order valence-electron chi connectivity index (χ4n) is 7.52. The van der Waals surface area contributed by atoms with Crippen LogP contribution in [-0.2, 0) is 0 Å². The van der Waals surface area contributed by atoms with Crippen LogP contribution in [0.15, 0.2) is 116 Å². The third kappa shape index (κ3) is 11.5. The van der Waals surface area contributed by atoms with E-state index < -0.39 is 35.1 Å². The number of ether oxygens (including phenoxy) is 2. The fourth-order valence-corrected chi connectivity index (χ4v) is 8.12. The fraction of sp³-hybridized carbons (Fsp3) is 0.160. The van der Waals surface area contributed by atoms with Gasteiger partial charge in [-0.1, -0.05) is 40.9 Å². The predicted molar refractivity (Wildman–Crippen MR) is 266 cm³/mol. The van der Waals surface area contributed by atoms with Gasteiger partial charge in [0.2, 0.25) is 0 Å². The van der Waals surface area contributed by atoms with Crippen LogP contribution in [0.5, 0.6) is 23.0 Å². The van der Waals surface area contributed by atoms with Crippen LogP contribution in [0.3, 0.4) is 0 Å². The summed E-state index contributed by atoms with van der Waals surface area (Å²) in [6.45, 7) is 6.74. The van der Waals surface area contributed by atoms with Crippen molar-refractivity contribution < 1.29 is 36.6 Å². The van der Waals surface area contributed by atoms with Crippen molar-refractivity contribution in [2.45, 2.75) is 0 Å². The summed E-state index contributed by atoms with van der Waals surface area (Å²) in [6.07, 6.45) is 3.46. The Bertz CT molecular complexity index is 3310. The molecule has 2 fully saturated rings. The number of rotatable bonds is 10. The summed E-state index contributed by atoms with van der Waals surface area (Å²) in [5, 5.41) is 11.3. The highest BCUT2D eigenvalue weighted by molar-refractivity contribution is 6.36. The third-order valence-corrected chi connectivity index (χ3v) is 12.2. The number of hydrogen-bond donors (Lipinski definition) is 4. The number of nitrogens with one attached hydrogen (secondary N) is 4. The van der Waals surface area contributed by atoms with Gasteiger partial charge in [-0.25, -0.2) is 27.5 Å². The molecular formula is C50H39Cl3F4N10O4. The summed E-state index contributed by atoms with van der Waals surface area (Å²) >= 11 is 18.4. The van der Waals surface area contributed by atoms with Crippen LogP contribution < -0.4 is 40.5 Å². The van der Waals surface area contributed by atoms with Gasteiger partial charge in [-0.2, -0.15) is 0 Å². The molecule has 0 unspecified atom stereocenters. The highest BCUT2D eigenvalue weighted by atomic mass is 35.5. The molecule has 362 valence electrons. The number of anilines is 4. The van der Waals surface area contributed by atoms with Gasteiger partial charge in [0.25, 0.3) is 11.8 Å². The van der Waals surface area contributed by atoms with E-state index in [9.17, 15) is 27.2 Å². The van der Waals surface area contributed by atoms with Crippen LogP contribution in [0, 0.1) is 23.3 Å². The van der Waals surface area contributed by atoms with E-state index in [1.54, 1.807) is 48.8 Å². The average molecular weight is 1030 g/mol. The third-order valence-electron chi connectivity index (χ3n) is 11.2. The molecule has 0 bridgehead atoms. The second-order valence-electron chi connectivity index (χ2n) is 16.0. The van der Waals surface area contributed by atoms with E-state index >= 15 is 0 Å². The van der Waals surface area contributed by atoms with Gasteiger partial charge in [-0.05, 0) is 84.9 Å². The standard InChI is InChI=1S/C25H19Cl2F2N5O2.C25H20ClF2N5O2/c26-16-3-1-14(11-18(16)29)25(35)33-20-6-4-17(28)24(23(20)27)36-15-2-5-19-21(12-15)32-22(13-31-19)34-9-7-30-8-10-34;26-23-20(32-25(34)15-2-1-3-16(27)12-15)7-5-18(28)24(23)35-17-4-6-19-21(13-17)31-22(14-30-19)33-10-8-29-9-11-33/h1-6,11-13,30H,7-10H2,(H,33,35);1-7,12-14,29H,8-11H2,(H,32,34). The lowest BCUT2D eigenvalue weighted by Crippen LogP contribution is -2.43. The molecule has 0 atom stereocenters. The zero-order chi connectivity index (χ0) is 49.6. The van der Waals surface area contributed by atoms with Crippen LogP contribution in [0.4, 0.5) is 40.6 Å². The molecule has 2 saturated heterocycles. The van der Waals surface area contributed by atoms with Crippen molar-refractivity contribution in [3.63, 3.8) is 0 Å². The predicted octanol–water partition coefficient (Wildman–Crippen LogP) is 10.7. The van der Waals surface area contributed by atoms with E-state index in [0.717, 1.165) is 88.3 Å². The zero-order valence-electron chi connectivity index (χ0n) is 37.1. The second kappa shape index (κ2) is 21.7. The van der Waals surface area contributed by atoms with Crippen LogP contribution >= 0.6 is 34.8 Å². The minimum Gasteiger partial charge on any atom is -0.453 e. The Morgan fingerprint density at radius 3 is 1.48 bits per heavy atom. The Balaban J connectivity index is 0.000000176. The number of aromatic nitrogens is 4. The minimum absolute atomic E-state index is 0.0214. The molecule has 21 heteroatoms. The van der Waals surface area contributed by atoms with Crippen LogP contribution in [0.2, 0.25) is 15.1 Å². The number of carbonyl (C=O) groups is 2. The Morgan fingerprint density at radius 2 is 1.01 bits per heavy atom. The molecule has 2 aromatic heterocycles. The van der Waals surface area contributed by atoms with Crippen molar-refractivity contribution in [2.24, 2.45) is 0 Å². The number of piperazine rings is 2. The topological polar surface area (TPSA) is 159 Å². The molecule has 0 radical (unpaired) electrons. The van der Waals surface area contributed by atoms with Gasteiger partial charge < -0.3 is 40.5 Å². The van der Waals surface area contributed by atoms with E-state index in [0.29, 0.717) is 33.6 Å². The summed E-state index contributed by atoms with van der Waals surface area (Å²) in [5.41, 5.74) is 2.83. The maximum Gasteiger partial charge on any atom is 0.255 e. The van der Waals surface area contributed by atoms with Gasteiger partial charge in [0.1, 0.15) is 44.8 Å². The molecule has 0 saturated carbocycles. The summed E-state index contributed by atoms with van der Waals surface area (Å²) in [5.74, 6) is -2.40. The Hall–Kier alpha value is -7.35. The molecular weight excluding hydrogens is 987 g/mol. The van der Waals surface area contributed by atoms with Gasteiger partial charge in [-0.3, -0.25) is 19.6 Å².